The first kappa shape index (κ1) is 23.3. The molecule has 2 fully saturated rings. The van der Waals surface area contributed by atoms with Gasteiger partial charge in [0.2, 0.25) is 5.91 Å². The number of benzene rings is 2. The Hall–Kier alpha value is -2.86. The molecule has 2 atom stereocenters. The largest absolute Gasteiger partial charge is 0.491 e. The van der Waals surface area contributed by atoms with Crippen LogP contribution < -0.4 is 10.1 Å². The van der Waals surface area contributed by atoms with Crippen LogP contribution in [0.5, 0.6) is 5.75 Å². The third-order valence-electron chi connectivity index (χ3n) is 6.89. The zero-order valence-corrected chi connectivity index (χ0v) is 19.1. The summed E-state index contributed by atoms with van der Waals surface area (Å²) in [6.07, 6.45) is 4.47. The monoisotopic (exact) mass is 450 g/mol. The second-order valence-corrected chi connectivity index (χ2v) is 9.21. The molecule has 0 saturated carbocycles. The number of nitrogens with one attached hydrogen (secondary N) is 1. The van der Waals surface area contributed by atoms with Crippen molar-refractivity contribution in [2.24, 2.45) is 5.92 Å². The summed E-state index contributed by atoms with van der Waals surface area (Å²) in [4.78, 5) is 26.0. The molecule has 0 radical (unpaired) electrons. The first-order chi connectivity index (χ1) is 16.1. The van der Waals surface area contributed by atoms with E-state index in [4.69, 9.17) is 4.74 Å². The van der Waals surface area contributed by atoms with Gasteiger partial charge in [0, 0.05) is 6.54 Å². The van der Waals surface area contributed by atoms with Gasteiger partial charge < -0.3 is 20.1 Å². The number of hydrogen-bond acceptors (Lipinski definition) is 4. The normalized spacial score (nSPS) is 21.3. The second kappa shape index (κ2) is 11.3. The molecule has 0 aliphatic carbocycles. The molecule has 2 aliphatic rings. The number of nitrogens with zero attached hydrogens (tertiary/aromatic N) is 1. The molecule has 0 bridgehead atoms. The summed E-state index contributed by atoms with van der Waals surface area (Å²) in [5.41, 5.74) is 2.59. The highest BCUT2D eigenvalue weighted by molar-refractivity contribution is 5.85. The zero-order chi connectivity index (χ0) is 23.0. The van der Waals surface area contributed by atoms with Crippen molar-refractivity contribution in [2.45, 2.75) is 50.5 Å². The maximum absolute atomic E-state index is 12.9. The lowest BCUT2D eigenvalue weighted by molar-refractivity contribution is -0.142. The minimum atomic E-state index is -0.923. The van der Waals surface area contributed by atoms with E-state index in [9.17, 15) is 14.7 Å². The molecule has 4 rings (SSSR count). The lowest BCUT2D eigenvalue weighted by atomic mass is 9.90. The number of rotatable bonds is 10. The minimum Gasteiger partial charge on any atom is -0.491 e. The smallest absolute Gasteiger partial charge is 0.304 e. The first-order valence-electron chi connectivity index (χ1n) is 12.1. The standard InChI is InChI=1S/C27H34N2O4/c30-26(31)18-23-17-24(29(27(23)32)16-4-7-20-5-2-1-3-6-20)19-33-25-10-8-21(9-11-25)22-12-14-28-15-13-22/h1-3,5-6,8-11,22-24,28H,4,7,12-19H2,(H,30,31)/t23-,24-/m0/s1. The third kappa shape index (κ3) is 6.35. The fourth-order valence-corrected chi connectivity index (χ4v) is 5.09. The van der Waals surface area contributed by atoms with E-state index in [1.807, 2.05) is 35.2 Å². The van der Waals surface area contributed by atoms with E-state index in [0.29, 0.717) is 25.5 Å². The molecule has 1 amide bonds. The highest BCUT2D eigenvalue weighted by atomic mass is 16.5. The summed E-state index contributed by atoms with van der Waals surface area (Å²) >= 11 is 0. The molecule has 0 spiro atoms. The van der Waals surface area contributed by atoms with E-state index in [2.05, 4.69) is 29.6 Å². The molecule has 0 unspecified atom stereocenters. The first-order valence-corrected chi connectivity index (χ1v) is 12.1. The van der Waals surface area contributed by atoms with Crippen molar-refractivity contribution in [3.63, 3.8) is 0 Å². The lowest BCUT2D eigenvalue weighted by Gasteiger charge is -2.25. The molecule has 2 aliphatic heterocycles. The van der Waals surface area contributed by atoms with E-state index in [0.717, 1.165) is 44.5 Å². The van der Waals surface area contributed by atoms with Crippen LogP contribution in [-0.2, 0) is 16.0 Å². The van der Waals surface area contributed by atoms with Crippen molar-refractivity contribution >= 4 is 11.9 Å². The van der Waals surface area contributed by atoms with Gasteiger partial charge in [0.1, 0.15) is 12.4 Å². The molecular formula is C27H34N2O4. The third-order valence-corrected chi connectivity index (χ3v) is 6.89. The predicted molar refractivity (Wildman–Crippen MR) is 127 cm³/mol. The molecule has 2 N–H and O–H groups in total. The number of amides is 1. The van der Waals surface area contributed by atoms with Crippen LogP contribution in [0, 0.1) is 5.92 Å². The van der Waals surface area contributed by atoms with Crippen LogP contribution in [0.4, 0.5) is 0 Å². The Labute approximate surface area is 195 Å². The van der Waals surface area contributed by atoms with Crippen LogP contribution in [-0.4, -0.2) is 54.2 Å². The topological polar surface area (TPSA) is 78.9 Å². The van der Waals surface area contributed by atoms with Crippen molar-refractivity contribution in [2.75, 3.05) is 26.2 Å². The number of carbonyl (C=O) groups excluding carboxylic acids is 1. The van der Waals surface area contributed by atoms with Gasteiger partial charge in [0.15, 0.2) is 0 Å². The molecule has 2 aromatic rings. The minimum absolute atomic E-state index is 0.0553. The van der Waals surface area contributed by atoms with Crippen molar-refractivity contribution in [1.82, 2.24) is 10.2 Å². The van der Waals surface area contributed by atoms with Crippen LogP contribution in [0.1, 0.15) is 49.1 Å². The van der Waals surface area contributed by atoms with Crippen LogP contribution in [0.3, 0.4) is 0 Å². The van der Waals surface area contributed by atoms with Gasteiger partial charge in [-0.15, -0.1) is 0 Å². The fourth-order valence-electron chi connectivity index (χ4n) is 5.09. The van der Waals surface area contributed by atoms with Gasteiger partial charge in [-0.3, -0.25) is 9.59 Å². The van der Waals surface area contributed by atoms with Crippen LogP contribution in [0.2, 0.25) is 0 Å². The number of aryl methyl sites for hydroxylation is 1. The van der Waals surface area contributed by atoms with Gasteiger partial charge in [0.05, 0.1) is 18.4 Å². The van der Waals surface area contributed by atoms with E-state index >= 15 is 0 Å². The number of ether oxygens (including phenoxy) is 1. The maximum atomic E-state index is 12.9. The number of hydrogen-bond donors (Lipinski definition) is 2. The SMILES string of the molecule is O=C(O)C[C@@H]1C[C@@H](COc2ccc(C3CCNCC3)cc2)N(CCCc2ccccc2)C1=O. The molecule has 2 saturated heterocycles. The number of likely N-dealkylation sites (tertiary alicyclic amines) is 1. The van der Waals surface area contributed by atoms with Gasteiger partial charge in [-0.05, 0) is 74.4 Å². The summed E-state index contributed by atoms with van der Waals surface area (Å²) in [6.45, 7) is 3.14. The van der Waals surface area contributed by atoms with Crippen molar-refractivity contribution in [1.29, 1.82) is 0 Å². The van der Waals surface area contributed by atoms with Crippen LogP contribution in [0.15, 0.2) is 54.6 Å². The quantitative estimate of drug-likeness (QED) is 0.575. The molecule has 2 aromatic carbocycles. The summed E-state index contributed by atoms with van der Waals surface area (Å²) in [7, 11) is 0. The van der Waals surface area contributed by atoms with Gasteiger partial charge in [-0.25, -0.2) is 0 Å². The number of piperidine rings is 1. The number of carboxylic acid groups (broad SMARTS) is 1. The van der Waals surface area contributed by atoms with Crippen molar-refractivity contribution < 1.29 is 19.4 Å². The Morgan fingerprint density at radius 3 is 2.48 bits per heavy atom. The molecule has 0 aromatic heterocycles. The summed E-state index contributed by atoms with van der Waals surface area (Å²) in [6, 6.07) is 18.5. The molecule has 2 heterocycles. The average Bonchev–Trinajstić information content (AvgIpc) is 3.13. The molecular weight excluding hydrogens is 416 g/mol. The van der Waals surface area contributed by atoms with Crippen LogP contribution >= 0.6 is 0 Å². The Balaban J connectivity index is 1.34. The Kier molecular flexibility index (Phi) is 8.00. The van der Waals surface area contributed by atoms with E-state index in [1.165, 1.54) is 11.1 Å². The van der Waals surface area contributed by atoms with E-state index in [-0.39, 0.29) is 18.4 Å². The highest BCUT2D eigenvalue weighted by Gasteiger charge is 2.40. The highest BCUT2D eigenvalue weighted by Crippen LogP contribution is 2.30. The Bertz CT molecular complexity index is 909. The molecule has 33 heavy (non-hydrogen) atoms. The second-order valence-electron chi connectivity index (χ2n) is 9.21. The summed E-state index contributed by atoms with van der Waals surface area (Å²) < 4.78 is 6.08. The Morgan fingerprint density at radius 1 is 1.06 bits per heavy atom. The molecule has 6 nitrogen and oxygen atoms in total. The van der Waals surface area contributed by atoms with E-state index < -0.39 is 11.9 Å². The van der Waals surface area contributed by atoms with Crippen molar-refractivity contribution in [3.05, 3.63) is 65.7 Å². The lowest BCUT2D eigenvalue weighted by Crippen LogP contribution is -2.38. The van der Waals surface area contributed by atoms with Crippen LogP contribution in [0.25, 0.3) is 0 Å². The average molecular weight is 451 g/mol. The van der Waals surface area contributed by atoms with Gasteiger partial charge in [-0.2, -0.15) is 0 Å². The van der Waals surface area contributed by atoms with Gasteiger partial charge >= 0.3 is 5.97 Å². The summed E-state index contributed by atoms with van der Waals surface area (Å²) in [5, 5.41) is 12.6. The van der Waals surface area contributed by atoms with Crippen molar-refractivity contribution in [3.8, 4) is 5.75 Å². The number of aliphatic carboxylic acids is 1. The Morgan fingerprint density at radius 2 is 1.79 bits per heavy atom. The fraction of sp³-hybridized carbons (Fsp3) is 0.481. The number of carboxylic acids is 1. The molecule has 176 valence electrons. The van der Waals surface area contributed by atoms with E-state index in [1.54, 1.807) is 0 Å². The van der Waals surface area contributed by atoms with Gasteiger partial charge in [0.25, 0.3) is 0 Å². The maximum Gasteiger partial charge on any atom is 0.304 e. The van der Waals surface area contributed by atoms with Gasteiger partial charge in [-0.1, -0.05) is 42.5 Å². The number of carbonyl (C=O) groups is 2. The molecule has 6 heteroatoms. The summed E-state index contributed by atoms with van der Waals surface area (Å²) in [5.74, 6) is -0.0428. The zero-order valence-electron chi connectivity index (χ0n) is 19.1. The predicted octanol–water partition coefficient (Wildman–Crippen LogP) is 3.86.